The van der Waals surface area contributed by atoms with Crippen molar-refractivity contribution in [2.45, 2.75) is 33.5 Å². The minimum atomic E-state index is -4.51. The number of hydrogen-bond donors (Lipinski definition) is 1. The van der Waals surface area contributed by atoms with Gasteiger partial charge in [-0.3, -0.25) is 14.5 Å². The normalized spacial score (nSPS) is 12.9. The Labute approximate surface area is 137 Å². The first-order valence-electron chi connectivity index (χ1n) is 7.49. The average molecular weight is 340 g/mol. The summed E-state index contributed by atoms with van der Waals surface area (Å²) in [5, 5.41) is 7.06. The fourth-order valence-electron chi connectivity index (χ4n) is 2.28. The van der Waals surface area contributed by atoms with E-state index in [9.17, 15) is 18.0 Å². The predicted molar refractivity (Wildman–Crippen MR) is 82.4 cm³/mol. The number of pyridine rings is 1. The van der Waals surface area contributed by atoms with Crippen molar-refractivity contribution in [2.24, 2.45) is 5.92 Å². The molecule has 0 saturated carbocycles. The van der Waals surface area contributed by atoms with Crippen LogP contribution in [-0.4, -0.2) is 27.2 Å². The fraction of sp³-hybridized carbons (Fsp3) is 0.438. The van der Waals surface area contributed by atoms with Gasteiger partial charge in [0.25, 0.3) is 5.91 Å². The zero-order valence-electron chi connectivity index (χ0n) is 13.7. The number of alkyl halides is 3. The van der Waals surface area contributed by atoms with Crippen LogP contribution in [0.1, 0.15) is 34.4 Å². The summed E-state index contributed by atoms with van der Waals surface area (Å²) in [6.45, 7) is 6.86. The Bertz CT molecular complexity index is 707. The topological polar surface area (TPSA) is 59.8 Å². The highest BCUT2D eigenvalue weighted by atomic mass is 19.4. The highest BCUT2D eigenvalue weighted by Gasteiger charge is 2.32. The smallest absolute Gasteiger partial charge is 0.352 e. The number of rotatable bonds is 5. The summed E-state index contributed by atoms with van der Waals surface area (Å²) in [6, 6.07) is 3.89. The van der Waals surface area contributed by atoms with E-state index in [1.165, 1.54) is 0 Å². The molecule has 0 aromatic carbocycles. The SMILES string of the molecule is Cc1cc(C)n(C[C@H](C)CNC(=O)c2ccc(C(F)(F)F)nc2)n1. The molecule has 2 rings (SSSR count). The van der Waals surface area contributed by atoms with Crippen LogP contribution in [-0.2, 0) is 12.7 Å². The molecule has 24 heavy (non-hydrogen) atoms. The van der Waals surface area contributed by atoms with E-state index in [2.05, 4.69) is 15.4 Å². The number of aryl methyl sites for hydroxylation is 2. The number of carbonyl (C=O) groups excluding carboxylic acids is 1. The first kappa shape index (κ1) is 18.0. The van der Waals surface area contributed by atoms with E-state index in [-0.39, 0.29) is 11.5 Å². The van der Waals surface area contributed by atoms with Crippen LogP contribution in [0.3, 0.4) is 0 Å². The molecule has 0 bridgehead atoms. The van der Waals surface area contributed by atoms with E-state index in [0.717, 1.165) is 29.7 Å². The summed E-state index contributed by atoms with van der Waals surface area (Å²) >= 11 is 0. The predicted octanol–water partition coefficient (Wildman–Crippen LogP) is 2.98. The van der Waals surface area contributed by atoms with Crippen molar-refractivity contribution in [3.63, 3.8) is 0 Å². The lowest BCUT2D eigenvalue weighted by molar-refractivity contribution is -0.141. The van der Waals surface area contributed by atoms with E-state index in [0.29, 0.717) is 13.1 Å². The van der Waals surface area contributed by atoms with Crippen LogP contribution in [0.15, 0.2) is 24.4 Å². The molecule has 130 valence electrons. The number of halogens is 3. The molecular formula is C16H19F3N4O. The summed E-state index contributed by atoms with van der Waals surface area (Å²) in [5.74, 6) is -0.328. The molecule has 0 spiro atoms. The molecule has 1 atom stereocenters. The second-order valence-electron chi connectivity index (χ2n) is 5.85. The van der Waals surface area contributed by atoms with Gasteiger partial charge in [0.15, 0.2) is 0 Å². The largest absolute Gasteiger partial charge is 0.433 e. The van der Waals surface area contributed by atoms with E-state index < -0.39 is 17.8 Å². The van der Waals surface area contributed by atoms with Crippen molar-refractivity contribution in [2.75, 3.05) is 6.54 Å². The van der Waals surface area contributed by atoms with E-state index >= 15 is 0 Å². The number of nitrogens with one attached hydrogen (secondary N) is 1. The molecule has 0 fully saturated rings. The van der Waals surface area contributed by atoms with Crippen LogP contribution < -0.4 is 5.32 Å². The molecule has 2 heterocycles. The van der Waals surface area contributed by atoms with Gasteiger partial charge in [-0.1, -0.05) is 6.92 Å². The Hall–Kier alpha value is -2.38. The Balaban J connectivity index is 1.89. The van der Waals surface area contributed by atoms with Crippen molar-refractivity contribution in [1.82, 2.24) is 20.1 Å². The fourth-order valence-corrected chi connectivity index (χ4v) is 2.28. The van der Waals surface area contributed by atoms with Gasteiger partial charge < -0.3 is 5.32 Å². The highest BCUT2D eigenvalue weighted by Crippen LogP contribution is 2.27. The number of amides is 1. The second kappa shape index (κ2) is 7.02. The third-order valence-corrected chi connectivity index (χ3v) is 3.52. The molecule has 2 aromatic heterocycles. The van der Waals surface area contributed by atoms with Gasteiger partial charge in [0.05, 0.1) is 11.3 Å². The maximum Gasteiger partial charge on any atom is 0.433 e. The van der Waals surface area contributed by atoms with E-state index in [4.69, 9.17) is 0 Å². The molecule has 0 aliphatic rings. The van der Waals surface area contributed by atoms with Gasteiger partial charge >= 0.3 is 6.18 Å². The van der Waals surface area contributed by atoms with Gasteiger partial charge in [0.1, 0.15) is 5.69 Å². The van der Waals surface area contributed by atoms with Crippen molar-refractivity contribution in [3.05, 3.63) is 47.0 Å². The molecule has 0 aliphatic heterocycles. The minimum Gasteiger partial charge on any atom is -0.352 e. The van der Waals surface area contributed by atoms with Crippen LogP contribution in [0.2, 0.25) is 0 Å². The highest BCUT2D eigenvalue weighted by molar-refractivity contribution is 5.93. The number of nitrogens with zero attached hydrogens (tertiary/aromatic N) is 3. The van der Waals surface area contributed by atoms with Gasteiger partial charge in [0.2, 0.25) is 0 Å². The summed E-state index contributed by atoms with van der Waals surface area (Å²) in [6.07, 6.45) is -3.58. The summed E-state index contributed by atoms with van der Waals surface area (Å²) in [4.78, 5) is 15.3. The standard InChI is InChI=1S/C16H19F3N4O/c1-10(9-23-12(3)6-11(2)22-23)7-21-15(24)13-4-5-14(20-8-13)16(17,18)19/h4-6,8,10H,7,9H2,1-3H3,(H,21,24)/t10-/m1/s1. The quantitative estimate of drug-likeness (QED) is 0.910. The Morgan fingerprint density at radius 3 is 2.54 bits per heavy atom. The molecule has 5 nitrogen and oxygen atoms in total. The number of carbonyl (C=O) groups is 1. The molecule has 0 saturated heterocycles. The molecular weight excluding hydrogens is 321 g/mol. The summed E-state index contributed by atoms with van der Waals surface area (Å²) in [5.41, 5.74) is 1.05. The second-order valence-corrected chi connectivity index (χ2v) is 5.85. The van der Waals surface area contributed by atoms with E-state index in [1.54, 1.807) is 0 Å². The van der Waals surface area contributed by atoms with Crippen LogP contribution in [0.25, 0.3) is 0 Å². The summed E-state index contributed by atoms with van der Waals surface area (Å²) in [7, 11) is 0. The third-order valence-electron chi connectivity index (χ3n) is 3.52. The molecule has 1 amide bonds. The zero-order chi connectivity index (χ0) is 17.9. The van der Waals surface area contributed by atoms with Gasteiger partial charge in [-0.15, -0.1) is 0 Å². The van der Waals surface area contributed by atoms with Crippen LogP contribution in [0.5, 0.6) is 0 Å². The lowest BCUT2D eigenvalue weighted by atomic mass is 10.1. The molecule has 0 unspecified atom stereocenters. The number of aromatic nitrogens is 3. The van der Waals surface area contributed by atoms with Crippen LogP contribution in [0.4, 0.5) is 13.2 Å². The summed E-state index contributed by atoms with van der Waals surface area (Å²) < 4.78 is 39.2. The Morgan fingerprint density at radius 2 is 2.04 bits per heavy atom. The lowest BCUT2D eigenvalue weighted by Crippen LogP contribution is -2.30. The third kappa shape index (κ3) is 4.56. The van der Waals surface area contributed by atoms with Gasteiger partial charge in [-0.25, -0.2) is 0 Å². The maximum absolute atomic E-state index is 12.4. The van der Waals surface area contributed by atoms with Crippen molar-refractivity contribution in [1.29, 1.82) is 0 Å². The monoisotopic (exact) mass is 340 g/mol. The van der Waals surface area contributed by atoms with Gasteiger partial charge in [-0.05, 0) is 38.0 Å². The van der Waals surface area contributed by atoms with Gasteiger partial charge in [-0.2, -0.15) is 18.3 Å². The molecule has 0 radical (unpaired) electrons. The first-order valence-corrected chi connectivity index (χ1v) is 7.49. The van der Waals surface area contributed by atoms with Gasteiger partial charge in [0, 0.05) is 25.0 Å². The number of hydrogen-bond acceptors (Lipinski definition) is 3. The average Bonchev–Trinajstić information content (AvgIpc) is 2.81. The van der Waals surface area contributed by atoms with Crippen LogP contribution in [0, 0.1) is 19.8 Å². The molecule has 2 aromatic rings. The molecule has 1 N–H and O–H groups in total. The Kier molecular flexibility index (Phi) is 5.26. The van der Waals surface area contributed by atoms with Crippen molar-refractivity contribution >= 4 is 5.91 Å². The zero-order valence-corrected chi connectivity index (χ0v) is 13.7. The molecule has 0 aliphatic carbocycles. The maximum atomic E-state index is 12.4. The first-order chi connectivity index (χ1) is 11.2. The van der Waals surface area contributed by atoms with Crippen molar-refractivity contribution < 1.29 is 18.0 Å². The molecule has 8 heteroatoms. The van der Waals surface area contributed by atoms with Crippen LogP contribution >= 0.6 is 0 Å². The van der Waals surface area contributed by atoms with Crippen molar-refractivity contribution in [3.8, 4) is 0 Å². The van der Waals surface area contributed by atoms with E-state index in [1.807, 2.05) is 31.5 Å². The lowest BCUT2D eigenvalue weighted by Gasteiger charge is -2.14. The Morgan fingerprint density at radius 1 is 1.33 bits per heavy atom. The minimum absolute atomic E-state index is 0.0984.